The van der Waals surface area contributed by atoms with Gasteiger partial charge >= 0.3 is 0 Å². The van der Waals surface area contributed by atoms with Crippen LogP contribution >= 0.6 is 11.6 Å². The minimum Gasteiger partial charge on any atom is -0.495 e. The molecule has 1 aromatic carbocycles. The van der Waals surface area contributed by atoms with Crippen LogP contribution in [0.15, 0.2) is 54.9 Å². The number of carbonyl (C=O) groups excluding carboxylic acids is 1. The molecular formula is C21H21ClN6O2. The molecule has 3 aromatic rings. The molecule has 1 fully saturated rings. The highest BCUT2D eigenvalue weighted by atomic mass is 35.5. The Morgan fingerprint density at radius 3 is 2.60 bits per heavy atom. The average molecular weight is 425 g/mol. The van der Waals surface area contributed by atoms with Crippen LogP contribution in [0.3, 0.4) is 0 Å². The number of nitrogens with one attached hydrogen (secondary N) is 1. The van der Waals surface area contributed by atoms with E-state index in [0.29, 0.717) is 48.7 Å². The summed E-state index contributed by atoms with van der Waals surface area (Å²) in [5.41, 5.74) is 1.36. The van der Waals surface area contributed by atoms with Crippen molar-refractivity contribution in [3.63, 3.8) is 0 Å². The maximum absolute atomic E-state index is 12.6. The fourth-order valence-electron chi connectivity index (χ4n) is 3.25. The lowest BCUT2D eigenvalue weighted by Gasteiger charge is -2.34. The smallest absolute Gasteiger partial charge is 0.255 e. The van der Waals surface area contributed by atoms with Gasteiger partial charge in [-0.15, -0.1) is 0 Å². The molecule has 0 bridgehead atoms. The number of ether oxygens (including phenoxy) is 1. The van der Waals surface area contributed by atoms with Crippen molar-refractivity contribution < 1.29 is 9.53 Å². The molecule has 0 unspecified atom stereocenters. The predicted octanol–water partition coefficient (Wildman–Crippen LogP) is 3.24. The van der Waals surface area contributed by atoms with Gasteiger partial charge in [0.15, 0.2) is 0 Å². The van der Waals surface area contributed by atoms with Crippen molar-refractivity contribution in [1.82, 2.24) is 19.9 Å². The SMILES string of the molecule is COc1ccccc1Nc1ccnc(N2CCN(C(=O)c3ccc(Cl)nc3)CC2)n1. The monoisotopic (exact) mass is 424 g/mol. The number of hydrogen-bond acceptors (Lipinski definition) is 7. The first kappa shape index (κ1) is 19.9. The van der Waals surface area contributed by atoms with Gasteiger partial charge in [0.2, 0.25) is 5.95 Å². The number of piperazine rings is 1. The lowest BCUT2D eigenvalue weighted by Crippen LogP contribution is -2.49. The van der Waals surface area contributed by atoms with E-state index in [1.54, 1.807) is 30.3 Å². The lowest BCUT2D eigenvalue weighted by molar-refractivity contribution is 0.0746. The quantitative estimate of drug-likeness (QED) is 0.629. The number of nitrogens with zero attached hydrogens (tertiary/aromatic N) is 5. The van der Waals surface area contributed by atoms with E-state index in [0.717, 1.165) is 11.4 Å². The van der Waals surface area contributed by atoms with Crippen LogP contribution in [0.1, 0.15) is 10.4 Å². The van der Waals surface area contributed by atoms with E-state index in [-0.39, 0.29) is 5.91 Å². The zero-order valence-electron chi connectivity index (χ0n) is 16.5. The van der Waals surface area contributed by atoms with Gasteiger partial charge in [-0.3, -0.25) is 4.79 Å². The van der Waals surface area contributed by atoms with Gasteiger partial charge in [0, 0.05) is 38.6 Å². The van der Waals surface area contributed by atoms with Gasteiger partial charge in [-0.1, -0.05) is 23.7 Å². The number of pyridine rings is 1. The van der Waals surface area contributed by atoms with Gasteiger partial charge in [-0.05, 0) is 30.3 Å². The first-order valence-electron chi connectivity index (χ1n) is 9.53. The third kappa shape index (κ3) is 4.44. The van der Waals surface area contributed by atoms with Crippen molar-refractivity contribution >= 4 is 35.0 Å². The number of para-hydroxylation sites is 2. The van der Waals surface area contributed by atoms with Gasteiger partial charge < -0.3 is 19.9 Å². The van der Waals surface area contributed by atoms with Crippen molar-refractivity contribution in [2.24, 2.45) is 0 Å². The fraction of sp³-hybridized carbons (Fsp3) is 0.238. The predicted molar refractivity (Wildman–Crippen MR) is 116 cm³/mol. The van der Waals surface area contributed by atoms with E-state index >= 15 is 0 Å². The van der Waals surface area contributed by atoms with Gasteiger partial charge in [-0.2, -0.15) is 4.98 Å². The molecule has 154 valence electrons. The van der Waals surface area contributed by atoms with E-state index in [9.17, 15) is 4.79 Å². The molecule has 0 aliphatic carbocycles. The van der Waals surface area contributed by atoms with Crippen molar-refractivity contribution in [3.8, 4) is 5.75 Å². The van der Waals surface area contributed by atoms with E-state index in [4.69, 9.17) is 16.3 Å². The molecule has 0 spiro atoms. The van der Waals surface area contributed by atoms with E-state index < -0.39 is 0 Å². The Morgan fingerprint density at radius 1 is 1.07 bits per heavy atom. The number of halogens is 1. The Morgan fingerprint density at radius 2 is 1.87 bits per heavy atom. The number of rotatable bonds is 5. The average Bonchev–Trinajstić information content (AvgIpc) is 2.80. The summed E-state index contributed by atoms with van der Waals surface area (Å²) >= 11 is 5.80. The fourth-order valence-corrected chi connectivity index (χ4v) is 3.36. The van der Waals surface area contributed by atoms with Crippen molar-refractivity contribution in [2.45, 2.75) is 0 Å². The minimum atomic E-state index is -0.0497. The molecule has 9 heteroatoms. The highest BCUT2D eigenvalue weighted by molar-refractivity contribution is 6.29. The van der Waals surface area contributed by atoms with Crippen molar-refractivity contribution in [2.75, 3.05) is 43.5 Å². The minimum absolute atomic E-state index is 0.0497. The van der Waals surface area contributed by atoms with Crippen LogP contribution < -0.4 is 15.0 Å². The van der Waals surface area contributed by atoms with Gasteiger partial charge in [-0.25, -0.2) is 9.97 Å². The highest BCUT2D eigenvalue weighted by Gasteiger charge is 2.24. The Labute approximate surface area is 179 Å². The van der Waals surface area contributed by atoms with Crippen LogP contribution in [0.2, 0.25) is 5.15 Å². The van der Waals surface area contributed by atoms with Gasteiger partial charge in [0.1, 0.15) is 16.7 Å². The molecular weight excluding hydrogens is 404 g/mol. The molecule has 2 aromatic heterocycles. The van der Waals surface area contributed by atoms with Crippen LogP contribution in [0.4, 0.5) is 17.5 Å². The molecule has 8 nitrogen and oxygen atoms in total. The normalized spacial score (nSPS) is 13.8. The van der Waals surface area contributed by atoms with Crippen LogP contribution in [-0.2, 0) is 0 Å². The van der Waals surface area contributed by atoms with Crippen molar-refractivity contribution in [1.29, 1.82) is 0 Å². The molecule has 1 saturated heterocycles. The standard InChI is InChI=1S/C21H21ClN6O2/c1-30-17-5-3-2-4-16(17)25-19-8-9-23-21(26-19)28-12-10-27(11-13-28)20(29)15-6-7-18(22)24-14-15/h2-9,14H,10-13H2,1H3,(H,23,25,26). The highest BCUT2D eigenvalue weighted by Crippen LogP contribution is 2.26. The molecule has 1 aliphatic rings. The first-order valence-corrected chi connectivity index (χ1v) is 9.91. The Hall–Kier alpha value is -3.39. The molecule has 1 aliphatic heterocycles. The van der Waals surface area contributed by atoms with Gasteiger partial charge in [0.25, 0.3) is 5.91 Å². The largest absolute Gasteiger partial charge is 0.495 e. The van der Waals surface area contributed by atoms with E-state index in [1.165, 1.54) is 6.20 Å². The molecule has 1 N–H and O–H groups in total. The number of methoxy groups -OCH3 is 1. The zero-order chi connectivity index (χ0) is 20.9. The second-order valence-electron chi connectivity index (χ2n) is 6.72. The summed E-state index contributed by atoms with van der Waals surface area (Å²) in [6.07, 6.45) is 3.23. The van der Waals surface area contributed by atoms with E-state index in [2.05, 4.69) is 25.2 Å². The van der Waals surface area contributed by atoms with Crippen LogP contribution in [-0.4, -0.2) is 59.0 Å². The number of anilines is 3. The number of hydrogen-bond donors (Lipinski definition) is 1. The number of amides is 1. The summed E-state index contributed by atoms with van der Waals surface area (Å²) in [4.78, 5) is 29.5. The molecule has 4 rings (SSSR count). The second-order valence-corrected chi connectivity index (χ2v) is 7.10. The Kier molecular flexibility index (Phi) is 5.94. The number of benzene rings is 1. The van der Waals surface area contributed by atoms with E-state index in [1.807, 2.05) is 30.3 Å². The van der Waals surface area contributed by atoms with Crippen LogP contribution in [0.25, 0.3) is 0 Å². The summed E-state index contributed by atoms with van der Waals surface area (Å²) in [5, 5.41) is 3.64. The molecule has 3 heterocycles. The number of carbonyl (C=O) groups is 1. The topological polar surface area (TPSA) is 83.5 Å². The Balaban J connectivity index is 1.41. The van der Waals surface area contributed by atoms with Crippen molar-refractivity contribution in [3.05, 3.63) is 65.6 Å². The molecule has 1 amide bonds. The van der Waals surface area contributed by atoms with Gasteiger partial charge in [0.05, 0.1) is 18.4 Å². The molecule has 0 atom stereocenters. The summed E-state index contributed by atoms with van der Waals surface area (Å²) in [5.74, 6) is 1.98. The summed E-state index contributed by atoms with van der Waals surface area (Å²) < 4.78 is 5.38. The maximum atomic E-state index is 12.6. The molecule has 0 saturated carbocycles. The molecule has 0 radical (unpaired) electrons. The summed E-state index contributed by atoms with van der Waals surface area (Å²) in [7, 11) is 1.63. The van der Waals surface area contributed by atoms with Crippen LogP contribution in [0, 0.1) is 0 Å². The molecule has 30 heavy (non-hydrogen) atoms. The Bertz CT molecular complexity index is 1020. The summed E-state index contributed by atoms with van der Waals surface area (Å²) in [6.45, 7) is 2.44. The third-order valence-electron chi connectivity index (χ3n) is 4.84. The second kappa shape index (κ2) is 8.96. The zero-order valence-corrected chi connectivity index (χ0v) is 17.2. The third-order valence-corrected chi connectivity index (χ3v) is 5.06. The summed E-state index contributed by atoms with van der Waals surface area (Å²) in [6, 6.07) is 12.8. The first-order chi connectivity index (χ1) is 14.6. The van der Waals surface area contributed by atoms with Crippen LogP contribution in [0.5, 0.6) is 5.75 Å². The lowest BCUT2D eigenvalue weighted by atomic mass is 10.2. The maximum Gasteiger partial charge on any atom is 0.255 e. The number of aromatic nitrogens is 3.